The maximum atomic E-state index is 13.6. The number of hydrogen-bond donors (Lipinski definition) is 1. The van der Waals surface area contributed by atoms with Gasteiger partial charge < -0.3 is 5.11 Å². The van der Waals surface area contributed by atoms with Crippen molar-refractivity contribution in [3.8, 4) is 0 Å². The van der Waals surface area contributed by atoms with E-state index in [4.69, 9.17) is 5.11 Å². The molecule has 88 valence electrons. The van der Waals surface area contributed by atoms with Crippen LogP contribution in [0.25, 0.3) is 0 Å². The van der Waals surface area contributed by atoms with Crippen LogP contribution >= 0.6 is 0 Å². The van der Waals surface area contributed by atoms with Crippen LogP contribution in [0.4, 0.5) is 17.6 Å². The topological polar surface area (TPSA) is 37.3 Å². The minimum atomic E-state index is -4.88. The molecule has 0 amide bonds. The fourth-order valence-corrected chi connectivity index (χ4v) is 2.08. The Hall–Kier alpha value is -0.810. The molecule has 1 aliphatic carbocycles. The fraction of sp³-hybridized carbons (Fsp3) is 0.889. The van der Waals surface area contributed by atoms with Gasteiger partial charge in [-0.25, -0.2) is 4.39 Å². The van der Waals surface area contributed by atoms with E-state index in [1.807, 2.05) is 0 Å². The van der Waals surface area contributed by atoms with Gasteiger partial charge in [0.1, 0.15) is 0 Å². The molecule has 0 aromatic rings. The van der Waals surface area contributed by atoms with Crippen LogP contribution < -0.4 is 0 Å². The van der Waals surface area contributed by atoms with E-state index in [1.54, 1.807) is 0 Å². The zero-order valence-corrected chi connectivity index (χ0v) is 7.98. The van der Waals surface area contributed by atoms with Crippen LogP contribution in [0.1, 0.15) is 32.1 Å². The Labute approximate surface area is 84.3 Å². The number of alkyl halides is 4. The lowest BCUT2D eigenvalue weighted by atomic mass is 9.88. The van der Waals surface area contributed by atoms with Gasteiger partial charge in [-0.15, -0.1) is 0 Å². The second-order valence-corrected chi connectivity index (χ2v) is 3.88. The molecule has 1 rings (SSSR count). The van der Waals surface area contributed by atoms with Crippen molar-refractivity contribution in [3.63, 3.8) is 0 Å². The standard InChI is InChI=1S/C9H12F4O2/c10-8(9(11,12)13)5-1-2-6(8)3-4-7(14)15/h6H,1-5H2,(H,14,15). The van der Waals surface area contributed by atoms with Gasteiger partial charge in [0.25, 0.3) is 0 Å². The first-order valence-corrected chi connectivity index (χ1v) is 4.75. The van der Waals surface area contributed by atoms with Crippen molar-refractivity contribution in [3.05, 3.63) is 0 Å². The molecule has 0 aromatic heterocycles. The number of carboxylic acids is 1. The van der Waals surface area contributed by atoms with Gasteiger partial charge in [0.2, 0.25) is 5.67 Å². The summed E-state index contributed by atoms with van der Waals surface area (Å²) in [4.78, 5) is 10.2. The third-order valence-corrected chi connectivity index (χ3v) is 2.92. The predicted octanol–water partition coefficient (Wildman–Crippen LogP) is 2.92. The molecule has 15 heavy (non-hydrogen) atoms. The van der Waals surface area contributed by atoms with Gasteiger partial charge in [-0.05, 0) is 25.7 Å². The van der Waals surface area contributed by atoms with E-state index in [2.05, 4.69) is 0 Å². The molecule has 1 saturated carbocycles. The molecule has 0 saturated heterocycles. The molecule has 1 fully saturated rings. The average Bonchev–Trinajstić information content (AvgIpc) is 2.43. The summed E-state index contributed by atoms with van der Waals surface area (Å²) in [5.41, 5.74) is -3.18. The van der Waals surface area contributed by atoms with E-state index in [1.165, 1.54) is 0 Å². The Morgan fingerprint density at radius 2 is 2.07 bits per heavy atom. The van der Waals surface area contributed by atoms with Gasteiger partial charge in [-0.1, -0.05) is 0 Å². The molecule has 1 aliphatic rings. The lowest BCUT2D eigenvalue weighted by Gasteiger charge is -2.29. The van der Waals surface area contributed by atoms with E-state index in [0.29, 0.717) is 0 Å². The maximum Gasteiger partial charge on any atom is 0.422 e. The first-order valence-electron chi connectivity index (χ1n) is 4.75. The van der Waals surface area contributed by atoms with E-state index >= 15 is 0 Å². The summed E-state index contributed by atoms with van der Waals surface area (Å²) in [6, 6.07) is 0. The number of halogens is 4. The largest absolute Gasteiger partial charge is 0.481 e. The molecule has 1 N–H and O–H groups in total. The van der Waals surface area contributed by atoms with Crippen molar-refractivity contribution in [2.24, 2.45) is 5.92 Å². The van der Waals surface area contributed by atoms with Crippen LogP contribution in [-0.2, 0) is 4.79 Å². The zero-order valence-electron chi connectivity index (χ0n) is 7.98. The molecule has 0 heterocycles. The van der Waals surface area contributed by atoms with Crippen LogP contribution in [0.15, 0.2) is 0 Å². The number of aliphatic carboxylic acids is 1. The van der Waals surface area contributed by atoms with Gasteiger partial charge >= 0.3 is 12.1 Å². The fourth-order valence-electron chi connectivity index (χ4n) is 2.08. The highest BCUT2D eigenvalue weighted by Gasteiger charge is 2.61. The Balaban J connectivity index is 2.68. The van der Waals surface area contributed by atoms with E-state index in [0.717, 1.165) is 0 Å². The van der Waals surface area contributed by atoms with Gasteiger partial charge in [0.15, 0.2) is 0 Å². The van der Waals surface area contributed by atoms with Crippen molar-refractivity contribution in [1.82, 2.24) is 0 Å². The molecular formula is C9H12F4O2. The molecule has 0 aliphatic heterocycles. The van der Waals surface area contributed by atoms with Crippen molar-refractivity contribution < 1.29 is 27.5 Å². The van der Waals surface area contributed by atoms with Crippen molar-refractivity contribution >= 4 is 5.97 Å². The second kappa shape index (κ2) is 3.98. The summed E-state index contributed by atoms with van der Waals surface area (Å²) in [6.45, 7) is 0. The highest BCUT2D eigenvalue weighted by Crippen LogP contribution is 2.51. The Bertz CT molecular complexity index is 251. The average molecular weight is 228 g/mol. The summed E-state index contributed by atoms with van der Waals surface area (Å²) < 4.78 is 50.8. The Kier molecular flexibility index (Phi) is 3.25. The first-order chi connectivity index (χ1) is 6.77. The molecule has 0 spiro atoms. The first kappa shape index (κ1) is 12.3. The normalized spacial score (nSPS) is 31.9. The van der Waals surface area contributed by atoms with Crippen molar-refractivity contribution in [2.75, 3.05) is 0 Å². The molecule has 2 atom stereocenters. The second-order valence-electron chi connectivity index (χ2n) is 3.88. The van der Waals surface area contributed by atoms with Gasteiger partial charge in [0, 0.05) is 12.3 Å². The van der Waals surface area contributed by atoms with Crippen LogP contribution in [0, 0.1) is 5.92 Å². The summed E-state index contributed by atoms with van der Waals surface area (Å²) in [6.07, 6.45) is -5.80. The molecule has 0 aromatic carbocycles. The lowest BCUT2D eigenvalue weighted by molar-refractivity contribution is -0.242. The summed E-state index contributed by atoms with van der Waals surface area (Å²) in [5, 5.41) is 8.34. The monoisotopic (exact) mass is 228 g/mol. The van der Waals surface area contributed by atoms with Gasteiger partial charge in [0.05, 0.1) is 0 Å². The third-order valence-electron chi connectivity index (χ3n) is 2.92. The molecule has 0 bridgehead atoms. The minimum absolute atomic E-state index is 0.114. The van der Waals surface area contributed by atoms with Crippen LogP contribution in [0.5, 0.6) is 0 Å². The highest BCUT2D eigenvalue weighted by molar-refractivity contribution is 5.66. The molecule has 6 heteroatoms. The maximum absolute atomic E-state index is 13.6. The van der Waals surface area contributed by atoms with Gasteiger partial charge in [-0.3, -0.25) is 4.79 Å². The summed E-state index contributed by atoms with van der Waals surface area (Å²) in [5.74, 6) is -2.39. The van der Waals surface area contributed by atoms with Crippen LogP contribution in [0.3, 0.4) is 0 Å². The third kappa shape index (κ3) is 2.41. The van der Waals surface area contributed by atoms with Crippen LogP contribution in [0.2, 0.25) is 0 Å². The van der Waals surface area contributed by atoms with Crippen molar-refractivity contribution in [2.45, 2.75) is 43.9 Å². The van der Waals surface area contributed by atoms with E-state index < -0.39 is 36.6 Å². The summed E-state index contributed by atoms with van der Waals surface area (Å²) in [7, 11) is 0. The van der Waals surface area contributed by atoms with Gasteiger partial charge in [-0.2, -0.15) is 13.2 Å². The number of hydrogen-bond acceptors (Lipinski definition) is 1. The smallest absolute Gasteiger partial charge is 0.422 e. The minimum Gasteiger partial charge on any atom is -0.481 e. The van der Waals surface area contributed by atoms with E-state index in [-0.39, 0.29) is 19.3 Å². The number of carboxylic acid groups (broad SMARTS) is 1. The summed E-state index contributed by atoms with van der Waals surface area (Å²) >= 11 is 0. The quantitative estimate of drug-likeness (QED) is 0.754. The number of carbonyl (C=O) groups is 1. The molecule has 2 unspecified atom stereocenters. The van der Waals surface area contributed by atoms with E-state index in [9.17, 15) is 22.4 Å². The SMILES string of the molecule is O=C(O)CCC1CCCC1(F)C(F)(F)F. The number of rotatable bonds is 3. The molecular weight excluding hydrogens is 216 g/mol. The Morgan fingerprint density at radius 1 is 1.47 bits per heavy atom. The molecule has 0 radical (unpaired) electrons. The zero-order chi connectivity index (χ0) is 11.7. The predicted molar refractivity (Wildman–Crippen MR) is 44.1 cm³/mol. The van der Waals surface area contributed by atoms with Crippen LogP contribution in [-0.4, -0.2) is 22.9 Å². The van der Waals surface area contributed by atoms with Crippen molar-refractivity contribution in [1.29, 1.82) is 0 Å². The Morgan fingerprint density at radius 3 is 2.53 bits per heavy atom. The lowest BCUT2D eigenvalue weighted by Crippen LogP contribution is -2.44. The highest BCUT2D eigenvalue weighted by atomic mass is 19.4. The molecule has 2 nitrogen and oxygen atoms in total.